The maximum atomic E-state index is 12.0. The van der Waals surface area contributed by atoms with E-state index in [1.54, 1.807) is 0 Å². The van der Waals surface area contributed by atoms with Gasteiger partial charge in [0.05, 0.1) is 4.92 Å². The van der Waals surface area contributed by atoms with Crippen molar-refractivity contribution in [2.45, 2.75) is 19.1 Å². The number of carboxylic acids is 1. The third kappa shape index (κ3) is 6.47. The SMILES string of the molecule is C=CCOC(=O)N[C@@H](C)C(=O)NC(Nc1ccc([N+](=O)[O-])cc1)C(=O)O. The predicted octanol–water partition coefficient (Wildman–Crippen LogP) is 0.834. The summed E-state index contributed by atoms with van der Waals surface area (Å²) in [5.74, 6) is -2.17. The fraction of sp³-hybridized carbons (Fsp3) is 0.267. The number of hydrogen-bond donors (Lipinski definition) is 4. The molecule has 2 amide bonds. The lowest BCUT2D eigenvalue weighted by Gasteiger charge is -2.20. The Balaban J connectivity index is 2.67. The Hall–Kier alpha value is -3.63. The number of non-ortho nitro benzene ring substituents is 1. The van der Waals surface area contributed by atoms with Crippen LogP contribution < -0.4 is 16.0 Å². The van der Waals surface area contributed by atoms with Gasteiger partial charge in [0.25, 0.3) is 5.69 Å². The van der Waals surface area contributed by atoms with Crippen molar-refractivity contribution in [2.24, 2.45) is 0 Å². The molecule has 0 radical (unpaired) electrons. The number of alkyl carbamates (subject to hydrolysis) is 1. The van der Waals surface area contributed by atoms with Gasteiger partial charge in [-0.25, -0.2) is 9.59 Å². The van der Waals surface area contributed by atoms with Crippen molar-refractivity contribution in [2.75, 3.05) is 11.9 Å². The van der Waals surface area contributed by atoms with Gasteiger partial charge in [-0.3, -0.25) is 14.9 Å². The average Bonchev–Trinajstić information content (AvgIpc) is 2.59. The number of nitrogens with one attached hydrogen (secondary N) is 3. The smallest absolute Gasteiger partial charge is 0.408 e. The quantitative estimate of drug-likeness (QED) is 0.216. The van der Waals surface area contributed by atoms with Crippen LogP contribution in [0.1, 0.15) is 6.92 Å². The molecule has 1 aromatic rings. The average molecular weight is 366 g/mol. The largest absolute Gasteiger partial charge is 0.478 e. The molecule has 0 aliphatic carbocycles. The Kier molecular flexibility index (Phi) is 7.55. The summed E-state index contributed by atoms with van der Waals surface area (Å²) >= 11 is 0. The van der Waals surface area contributed by atoms with Crippen LogP contribution in [0, 0.1) is 10.1 Å². The molecule has 0 saturated heterocycles. The molecule has 1 aromatic carbocycles. The molecule has 11 heteroatoms. The van der Waals surface area contributed by atoms with Crippen LogP contribution in [0.5, 0.6) is 0 Å². The Morgan fingerprint density at radius 2 is 1.92 bits per heavy atom. The van der Waals surface area contributed by atoms with E-state index in [2.05, 4.69) is 27.3 Å². The first-order valence-electron chi connectivity index (χ1n) is 7.33. The maximum absolute atomic E-state index is 12.0. The highest BCUT2D eigenvalue weighted by molar-refractivity contribution is 5.89. The van der Waals surface area contributed by atoms with Crippen molar-refractivity contribution in [3.63, 3.8) is 0 Å². The Morgan fingerprint density at radius 1 is 1.31 bits per heavy atom. The molecule has 0 spiro atoms. The van der Waals surface area contributed by atoms with E-state index >= 15 is 0 Å². The van der Waals surface area contributed by atoms with Crippen molar-refractivity contribution in [3.05, 3.63) is 47.0 Å². The van der Waals surface area contributed by atoms with Crippen molar-refractivity contribution in [3.8, 4) is 0 Å². The van der Waals surface area contributed by atoms with E-state index in [4.69, 9.17) is 0 Å². The van der Waals surface area contributed by atoms with Crippen LogP contribution in [0.25, 0.3) is 0 Å². The number of nitro groups is 1. The third-order valence-electron chi connectivity index (χ3n) is 2.98. The summed E-state index contributed by atoms with van der Waals surface area (Å²) in [7, 11) is 0. The number of aliphatic carboxylic acids is 1. The molecule has 1 rings (SSSR count). The van der Waals surface area contributed by atoms with Crippen LogP contribution in [-0.4, -0.2) is 46.8 Å². The number of hydrogen-bond acceptors (Lipinski definition) is 7. The van der Waals surface area contributed by atoms with Crippen LogP contribution in [-0.2, 0) is 14.3 Å². The molecule has 0 aliphatic heterocycles. The van der Waals surface area contributed by atoms with E-state index < -0.39 is 35.1 Å². The van der Waals surface area contributed by atoms with Gasteiger partial charge in [0.2, 0.25) is 5.91 Å². The lowest BCUT2D eigenvalue weighted by Crippen LogP contribution is -2.53. The monoisotopic (exact) mass is 366 g/mol. The fourth-order valence-electron chi connectivity index (χ4n) is 1.69. The fourth-order valence-corrected chi connectivity index (χ4v) is 1.69. The summed E-state index contributed by atoms with van der Waals surface area (Å²) in [5.41, 5.74) is 0.0802. The number of amides is 2. The first-order valence-corrected chi connectivity index (χ1v) is 7.33. The summed E-state index contributed by atoms with van der Waals surface area (Å²) in [4.78, 5) is 44.7. The molecule has 0 bridgehead atoms. The first-order chi connectivity index (χ1) is 12.2. The van der Waals surface area contributed by atoms with Gasteiger partial charge >= 0.3 is 12.1 Å². The van der Waals surface area contributed by atoms with Gasteiger partial charge in [-0.05, 0) is 19.1 Å². The molecule has 0 aliphatic rings. The van der Waals surface area contributed by atoms with Gasteiger partial charge in [0.1, 0.15) is 12.6 Å². The van der Waals surface area contributed by atoms with Gasteiger partial charge in [0.15, 0.2) is 6.17 Å². The number of benzene rings is 1. The van der Waals surface area contributed by atoms with E-state index in [1.807, 2.05) is 0 Å². The van der Waals surface area contributed by atoms with E-state index in [0.717, 1.165) is 0 Å². The molecule has 4 N–H and O–H groups in total. The van der Waals surface area contributed by atoms with Crippen molar-refractivity contribution < 1.29 is 29.2 Å². The number of nitrogens with zero attached hydrogens (tertiary/aromatic N) is 1. The second-order valence-corrected chi connectivity index (χ2v) is 4.98. The minimum absolute atomic E-state index is 0.0420. The topological polar surface area (TPSA) is 160 Å². The second-order valence-electron chi connectivity index (χ2n) is 4.98. The molecule has 0 fully saturated rings. The van der Waals surface area contributed by atoms with E-state index in [0.29, 0.717) is 0 Å². The Bertz CT molecular complexity index is 690. The lowest BCUT2D eigenvalue weighted by molar-refractivity contribution is -0.384. The molecule has 1 unspecified atom stereocenters. The van der Waals surface area contributed by atoms with E-state index in [1.165, 1.54) is 37.3 Å². The van der Waals surface area contributed by atoms with Gasteiger partial charge in [0, 0.05) is 17.8 Å². The molecule has 26 heavy (non-hydrogen) atoms. The summed E-state index contributed by atoms with van der Waals surface area (Å²) in [6.07, 6.45) is -1.03. The van der Waals surface area contributed by atoms with Crippen molar-refractivity contribution >= 4 is 29.3 Å². The first kappa shape index (κ1) is 20.4. The van der Waals surface area contributed by atoms with Crippen LogP contribution >= 0.6 is 0 Å². The number of nitro benzene ring substituents is 1. The molecular weight excluding hydrogens is 348 g/mol. The summed E-state index contributed by atoms with van der Waals surface area (Å²) < 4.78 is 4.66. The Morgan fingerprint density at radius 3 is 2.42 bits per heavy atom. The molecule has 140 valence electrons. The van der Waals surface area contributed by atoms with E-state index in [9.17, 15) is 29.6 Å². The molecule has 0 aromatic heterocycles. The number of anilines is 1. The Labute approximate surface area is 148 Å². The predicted molar refractivity (Wildman–Crippen MR) is 90.4 cm³/mol. The number of carboxylic acid groups (broad SMARTS) is 1. The zero-order chi connectivity index (χ0) is 19.7. The molecular formula is C15H18N4O7. The zero-order valence-corrected chi connectivity index (χ0v) is 13.8. The third-order valence-corrected chi connectivity index (χ3v) is 2.98. The molecule has 2 atom stereocenters. The number of rotatable bonds is 9. The standard InChI is InChI=1S/C15H18N4O7/c1-3-8-26-15(23)16-9(2)13(20)18-12(14(21)22)17-10-4-6-11(7-5-10)19(24)25/h3-7,9,12,17H,1,8H2,2H3,(H,16,23)(H,18,20)(H,21,22)/t9-,12?/m0/s1. The second kappa shape index (κ2) is 9.61. The molecule has 11 nitrogen and oxygen atoms in total. The molecule has 0 heterocycles. The zero-order valence-electron chi connectivity index (χ0n) is 13.8. The van der Waals surface area contributed by atoms with Crippen LogP contribution in [0.4, 0.5) is 16.2 Å². The van der Waals surface area contributed by atoms with Crippen molar-refractivity contribution in [1.29, 1.82) is 0 Å². The number of carbonyl (C=O) groups excluding carboxylic acids is 2. The highest BCUT2D eigenvalue weighted by Gasteiger charge is 2.24. The van der Waals surface area contributed by atoms with Crippen LogP contribution in [0.2, 0.25) is 0 Å². The number of carbonyl (C=O) groups is 3. The van der Waals surface area contributed by atoms with Crippen LogP contribution in [0.15, 0.2) is 36.9 Å². The minimum atomic E-state index is -1.52. The highest BCUT2D eigenvalue weighted by atomic mass is 16.6. The summed E-state index contributed by atoms with van der Waals surface area (Å²) in [6.45, 7) is 4.67. The van der Waals surface area contributed by atoms with Gasteiger partial charge in [-0.1, -0.05) is 12.7 Å². The summed E-state index contributed by atoms with van der Waals surface area (Å²) in [6, 6.07) is 3.90. The maximum Gasteiger partial charge on any atom is 0.408 e. The number of ether oxygens (including phenoxy) is 1. The van der Waals surface area contributed by atoms with E-state index in [-0.39, 0.29) is 18.0 Å². The van der Waals surface area contributed by atoms with Gasteiger partial charge in [-0.15, -0.1) is 0 Å². The van der Waals surface area contributed by atoms with Gasteiger partial charge in [-0.2, -0.15) is 0 Å². The van der Waals surface area contributed by atoms with Gasteiger partial charge < -0.3 is 25.8 Å². The van der Waals surface area contributed by atoms with Crippen LogP contribution in [0.3, 0.4) is 0 Å². The summed E-state index contributed by atoms with van der Waals surface area (Å²) in [5, 5.41) is 26.7. The normalized spacial score (nSPS) is 12.2. The lowest BCUT2D eigenvalue weighted by atomic mass is 10.2. The minimum Gasteiger partial charge on any atom is -0.478 e. The highest BCUT2D eigenvalue weighted by Crippen LogP contribution is 2.15. The van der Waals surface area contributed by atoms with Crippen molar-refractivity contribution in [1.82, 2.24) is 10.6 Å². The molecule has 0 saturated carbocycles.